The molecule has 1 amide bonds. The van der Waals surface area contributed by atoms with Crippen LogP contribution in [0.2, 0.25) is 0 Å². The summed E-state index contributed by atoms with van der Waals surface area (Å²) < 4.78 is 5.26. The number of hydrogen-bond donors (Lipinski definition) is 1. The van der Waals surface area contributed by atoms with E-state index in [-0.39, 0.29) is 25.1 Å². The molecule has 3 atom stereocenters. The average Bonchev–Trinajstić information content (AvgIpc) is 2.72. The lowest BCUT2D eigenvalue weighted by Gasteiger charge is -2.22. The quantitative estimate of drug-likeness (QED) is 0.866. The van der Waals surface area contributed by atoms with Crippen LogP contribution in [0.3, 0.4) is 0 Å². The van der Waals surface area contributed by atoms with E-state index < -0.39 is 12.2 Å². The molecule has 0 saturated carbocycles. The summed E-state index contributed by atoms with van der Waals surface area (Å²) in [4.78, 5) is 13.5. The number of hydrogen-bond acceptors (Lipinski definition) is 3. The molecule has 1 heterocycles. The van der Waals surface area contributed by atoms with Gasteiger partial charge in [0.05, 0.1) is 12.6 Å². The maximum Gasteiger partial charge on any atom is 0.410 e. The molecule has 1 aromatic rings. The Bertz CT molecular complexity index is 426. The van der Waals surface area contributed by atoms with Gasteiger partial charge in [-0.2, -0.15) is 0 Å². The van der Waals surface area contributed by atoms with Crippen molar-refractivity contribution in [3.63, 3.8) is 0 Å². The molecule has 0 radical (unpaired) electrons. The van der Waals surface area contributed by atoms with Gasteiger partial charge in [0.15, 0.2) is 0 Å². The normalized spacial score (nSPS) is 26.5. The molecule has 0 spiro atoms. The highest BCUT2D eigenvalue weighted by Crippen LogP contribution is 2.26. The number of β-amino-alcohol motifs (C(OH)–C–C–N with tert-alkyl or cyclic N) is 1. The first-order valence-electron chi connectivity index (χ1n) is 6.35. The molecule has 1 saturated heterocycles. The van der Waals surface area contributed by atoms with E-state index in [4.69, 9.17) is 16.3 Å². The van der Waals surface area contributed by atoms with Gasteiger partial charge in [0.2, 0.25) is 0 Å². The van der Waals surface area contributed by atoms with Crippen LogP contribution in [0.4, 0.5) is 4.79 Å². The van der Waals surface area contributed by atoms with E-state index in [1.807, 2.05) is 37.3 Å². The number of aliphatic hydroxyl groups excluding tert-OH is 1. The molecule has 19 heavy (non-hydrogen) atoms. The summed E-state index contributed by atoms with van der Waals surface area (Å²) in [5, 5.41) is 9.83. The number of aliphatic hydroxyl groups is 1. The third kappa shape index (κ3) is 3.19. The van der Waals surface area contributed by atoms with Crippen molar-refractivity contribution in [1.82, 2.24) is 4.90 Å². The fourth-order valence-corrected chi connectivity index (χ4v) is 2.79. The Morgan fingerprint density at radius 1 is 1.47 bits per heavy atom. The van der Waals surface area contributed by atoms with E-state index in [1.165, 1.54) is 0 Å². The number of amides is 1. The van der Waals surface area contributed by atoms with Gasteiger partial charge in [-0.05, 0) is 12.5 Å². The number of alkyl halides is 1. The highest BCUT2D eigenvalue weighted by Gasteiger charge is 2.40. The Balaban J connectivity index is 1.90. The molecule has 3 unspecified atom stereocenters. The third-order valence-corrected chi connectivity index (χ3v) is 3.96. The monoisotopic (exact) mass is 283 g/mol. The van der Waals surface area contributed by atoms with Crippen LogP contribution in [0.1, 0.15) is 12.5 Å². The van der Waals surface area contributed by atoms with Crippen molar-refractivity contribution in [3.8, 4) is 0 Å². The van der Waals surface area contributed by atoms with E-state index in [0.29, 0.717) is 5.88 Å². The van der Waals surface area contributed by atoms with Gasteiger partial charge in [-0.1, -0.05) is 30.3 Å². The van der Waals surface area contributed by atoms with Crippen LogP contribution in [-0.4, -0.2) is 40.7 Å². The van der Waals surface area contributed by atoms with Crippen molar-refractivity contribution in [2.75, 3.05) is 12.4 Å². The molecule has 0 aromatic heterocycles. The molecule has 104 valence electrons. The van der Waals surface area contributed by atoms with E-state index in [2.05, 4.69) is 0 Å². The van der Waals surface area contributed by atoms with Gasteiger partial charge in [-0.15, -0.1) is 11.6 Å². The summed E-state index contributed by atoms with van der Waals surface area (Å²) >= 11 is 5.80. The van der Waals surface area contributed by atoms with E-state index in [9.17, 15) is 9.90 Å². The lowest BCUT2D eigenvalue weighted by atomic mass is 10.0. The molecule has 4 nitrogen and oxygen atoms in total. The fraction of sp³-hybridized carbons (Fsp3) is 0.500. The zero-order valence-corrected chi connectivity index (χ0v) is 11.6. The van der Waals surface area contributed by atoms with Gasteiger partial charge in [0.25, 0.3) is 0 Å². The molecular formula is C14H18ClNO3. The topological polar surface area (TPSA) is 49.8 Å². The van der Waals surface area contributed by atoms with E-state index in [0.717, 1.165) is 5.56 Å². The number of ether oxygens (including phenoxy) is 1. The molecule has 1 aliphatic heterocycles. The maximum absolute atomic E-state index is 12.0. The van der Waals surface area contributed by atoms with Crippen molar-refractivity contribution in [1.29, 1.82) is 0 Å². The fourth-order valence-electron chi connectivity index (χ4n) is 2.33. The summed E-state index contributed by atoms with van der Waals surface area (Å²) in [6, 6.07) is 9.41. The third-order valence-electron chi connectivity index (χ3n) is 3.61. The molecule has 0 aliphatic carbocycles. The predicted octanol–water partition coefficient (Wildman–Crippen LogP) is 2.24. The molecule has 1 N–H and O–H groups in total. The van der Waals surface area contributed by atoms with Gasteiger partial charge < -0.3 is 14.7 Å². The van der Waals surface area contributed by atoms with Crippen LogP contribution in [0, 0.1) is 5.92 Å². The van der Waals surface area contributed by atoms with Crippen molar-refractivity contribution in [2.24, 2.45) is 5.92 Å². The van der Waals surface area contributed by atoms with Crippen LogP contribution in [0.15, 0.2) is 30.3 Å². The largest absolute Gasteiger partial charge is 0.445 e. The number of benzene rings is 1. The Hall–Kier alpha value is -1.26. The van der Waals surface area contributed by atoms with Crippen molar-refractivity contribution in [3.05, 3.63) is 35.9 Å². The molecule has 2 rings (SSSR count). The molecular weight excluding hydrogens is 266 g/mol. The van der Waals surface area contributed by atoms with Gasteiger partial charge in [0, 0.05) is 17.8 Å². The van der Waals surface area contributed by atoms with Crippen LogP contribution in [-0.2, 0) is 11.3 Å². The molecule has 1 aliphatic rings. The van der Waals surface area contributed by atoms with Crippen LogP contribution in [0.5, 0.6) is 0 Å². The molecule has 1 aromatic carbocycles. The number of likely N-dealkylation sites (tertiary alicyclic amines) is 1. The number of carbonyl (C=O) groups is 1. The second kappa shape index (κ2) is 6.26. The summed E-state index contributed by atoms with van der Waals surface area (Å²) in [5.74, 6) is 0.246. The number of rotatable bonds is 3. The maximum atomic E-state index is 12.0. The van der Waals surface area contributed by atoms with Crippen LogP contribution >= 0.6 is 11.6 Å². The van der Waals surface area contributed by atoms with Gasteiger partial charge >= 0.3 is 6.09 Å². The Morgan fingerprint density at radius 2 is 2.16 bits per heavy atom. The van der Waals surface area contributed by atoms with E-state index in [1.54, 1.807) is 4.90 Å². The Kier molecular flexibility index (Phi) is 4.66. The SMILES string of the molecule is CC1C(CCl)C(O)CN1C(=O)OCc1ccccc1. The second-order valence-electron chi connectivity index (χ2n) is 4.82. The lowest BCUT2D eigenvalue weighted by Crippen LogP contribution is -2.36. The number of carbonyl (C=O) groups excluding carboxylic acids is 1. The average molecular weight is 284 g/mol. The van der Waals surface area contributed by atoms with Gasteiger partial charge in [-0.3, -0.25) is 0 Å². The first-order valence-corrected chi connectivity index (χ1v) is 6.88. The van der Waals surface area contributed by atoms with Crippen LogP contribution in [0.25, 0.3) is 0 Å². The smallest absolute Gasteiger partial charge is 0.410 e. The second-order valence-corrected chi connectivity index (χ2v) is 5.13. The standard InChI is InChI=1S/C14H18ClNO3/c1-10-12(7-15)13(17)8-16(10)14(18)19-9-11-5-3-2-4-6-11/h2-6,10,12-13,17H,7-9H2,1H3. The zero-order valence-electron chi connectivity index (χ0n) is 10.8. The highest BCUT2D eigenvalue weighted by atomic mass is 35.5. The number of halogens is 1. The van der Waals surface area contributed by atoms with E-state index >= 15 is 0 Å². The summed E-state index contributed by atoms with van der Waals surface area (Å²) in [6.45, 7) is 2.41. The first-order chi connectivity index (χ1) is 9.13. The Labute approximate surface area is 117 Å². The predicted molar refractivity (Wildman–Crippen MR) is 73.0 cm³/mol. The minimum absolute atomic E-state index is 0.0917. The van der Waals surface area contributed by atoms with Gasteiger partial charge in [0.1, 0.15) is 6.61 Å². The molecule has 1 fully saturated rings. The summed E-state index contributed by atoms with van der Waals surface area (Å²) in [5.41, 5.74) is 0.942. The minimum atomic E-state index is -0.572. The molecule has 0 bridgehead atoms. The van der Waals surface area contributed by atoms with Gasteiger partial charge in [-0.25, -0.2) is 4.79 Å². The van der Waals surface area contributed by atoms with Crippen molar-refractivity contribution < 1.29 is 14.6 Å². The molecule has 5 heteroatoms. The van der Waals surface area contributed by atoms with Crippen molar-refractivity contribution >= 4 is 17.7 Å². The zero-order chi connectivity index (χ0) is 13.8. The first kappa shape index (κ1) is 14.2. The summed E-state index contributed by atoms with van der Waals surface area (Å²) in [6.07, 6.45) is -0.972. The number of nitrogens with zero attached hydrogens (tertiary/aromatic N) is 1. The Morgan fingerprint density at radius 3 is 2.74 bits per heavy atom. The minimum Gasteiger partial charge on any atom is -0.445 e. The lowest BCUT2D eigenvalue weighted by molar-refractivity contribution is 0.0894. The highest BCUT2D eigenvalue weighted by molar-refractivity contribution is 6.18. The van der Waals surface area contributed by atoms with Crippen LogP contribution < -0.4 is 0 Å². The summed E-state index contributed by atoms with van der Waals surface area (Å²) in [7, 11) is 0. The van der Waals surface area contributed by atoms with Crippen molar-refractivity contribution in [2.45, 2.75) is 25.7 Å².